The highest BCUT2D eigenvalue weighted by Gasteiger charge is 2.35. The number of carbonyl (C=O) groups is 3. The molecule has 28 heavy (non-hydrogen) atoms. The molecule has 0 radical (unpaired) electrons. The Hall–Kier alpha value is -2.94. The summed E-state index contributed by atoms with van der Waals surface area (Å²) in [6, 6.07) is 5.84. The van der Waals surface area contributed by atoms with Gasteiger partial charge in [-0.1, -0.05) is 15.9 Å². The summed E-state index contributed by atoms with van der Waals surface area (Å²) in [5.74, 6) is -1.73. The number of urea groups is 1. The first-order valence-electron chi connectivity index (χ1n) is 8.28. The molecule has 146 valence electrons. The van der Waals surface area contributed by atoms with E-state index < -0.39 is 30.3 Å². The maximum absolute atomic E-state index is 14.4. The average Bonchev–Trinajstić information content (AvgIpc) is 3.05. The Balaban J connectivity index is 1.97. The zero-order valence-corrected chi connectivity index (χ0v) is 17.0. The van der Waals surface area contributed by atoms with Crippen LogP contribution in [0.15, 0.2) is 34.4 Å². The standard InChI is InChI=1S/C19H17BrFN3O4/c1-10-6-12(11(2)24(10)16-5-4-13(20)8-14(16)21)7-15-18(26)23(19(27)22-15)9-17(25)28-3/h4-8H,9H2,1-3H3,(H,22,27)/b15-7+. The molecule has 0 saturated carbocycles. The van der Waals surface area contributed by atoms with E-state index in [0.717, 1.165) is 10.6 Å². The Bertz CT molecular complexity index is 1030. The fraction of sp³-hybridized carbons (Fsp3) is 0.211. The molecule has 9 heteroatoms. The third-order valence-electron chi connectivity index (χ3n) is 4.40. The van der Waals surface area contributed by atoms with Gasteiger partial charge in [-0.25, -0.2) is 14.1 Å². The quantitative estimate of drug-likeness (QED) is 0.441. The van der Waals surface area contributed by atoms with E-state index in [-0.39, 0.29) is 5.70 Å². The van der Waals surface area contributed by atoms with E-state index in [1.54, 1.807) is 29.7 Å². The van der Waals surface area contributed by atoms with Gasteiger partial charge < -0.3 is 14.6 Å². The number of halogens is 2. The van der Waals surface area contributed by atoms with Gasteiger partial charge in [0, 0.05) is 15.9 Å². The number of aromatic nitrogens is 1. The van der Waals surface area contributed by atoms with E-state index in [2.05, 4.69) is 26.0 Å². The highest BCUT2D eigenvalue weighted by Crippen LogP contribution is 2.26. The van der Waals surface area contributed by atoms with Gasteiger partial charge in [-0.2, -0.15) is 0 Å². The average molecular weight is 450 g/mol. The van der Waals surface area contributed by atoms with Crippen molar-refractivity contribution in [3.05, 3.63) is 57.2 Å². The van der Waals surface area contributed by atoms with Gasteiger partial charge in [0.25, 0.3) is 5.91 Å². The zero-order valence-electron chi connectivity index (χ0n) is 15.4. The number of hydrogen-bond acceptors (Lipinski definition) is 4. The first-order valence-corrected chi connectivity index (χ1v) is 9.08. The fourth-order valence-electron chi connectivity index (χ4n) is 3.03. The summed E-state index contributed by atoms with van der Waals surface area (Å²) in [7, 11) is 1.17. The number of aryl methyl sites for hydroxylation is 1. The molecule has 2 heterocycles. The van der Waals surface area contributed by atoms with Gasteiger partial charge in [0.05, 0.1) is 12.8 Å². The Kier molecular flexibility index (Phi) is 5.37. The van der Waals surface area contributed by atoms with Crippen molar-refractivity contribution in [3.63, 3.8) is 0 Å². The number of esters is 1. The third kappa shape index (κ3) is 3.57. The zero-order chi connectivity index (χ0) is 20.6. The molecule has 1 aromatic carbocycles. The smallest absolute Gasteiger partial charge is 0.329 e. The normalized spacial score (nSPS) is 15.3. The summed E-state index contributed by atoms with van der Waals surface area (Å²) >= 11 is 3.24. The van der Waals surface area contributed by atoms with Crippen LogP contribution in [0.5, 0.6) is 0 Å². The van der Waals surface area contributed by atoms with E-state index in [1.807, 2.05) is 6.92 Å². The number of imide groups is 1. The number of hydrogen-bond donors (Lipinski definition) is 1. The molecule has 1 aliphatic rings. The van der Waals surface area contributed by atoms with Crippen LogP contribution in [0.2, 0.25) is 0 Å². The van der Waals surface area contributed by atoms with E-state index >= 15 is 0 Å². The molecule has 7 nitrogen and oxygen atoms in total. The van der Waals surface area contributed by atoms with Gasteiger partial charge >= 0.3 is 12.0 Å². The van der Waals surface area contributed by atoms with Crippen LogP contribution in [0.3, 0.4) is 0 Å². The predicted octanol–water partition coefficient (Wildman–Crippen LogP) is 3.06. The van der Waals surface area contributed by atoms with Gasteiger partial charge in [0.15, 0.2) is 0 Å². The van der Waals surface area contributed by atoms with Crippen LogP contribution in [-0.2, 0) is 14.3 Å². The Morgan fingerprint density at radius 3 is 2.64 bits per heavy atom. The molecule has 1 fully saturated rings. The van der Waals surface area contributed by atoms with Crippen LogP contribution in [0.4, 0.5) is 9.18 Å². The lowest BCUT2D eigenvalue weighted by atomic mass is 10.2. The predicted molar refractivity (Wildman–Crippen MR) is 103 cm³/mol. The van der Waals surface area contributed by atoms with Gasteiger partial charge in [0.1, 0.15) is 18.1 Å². The lowest BCUT2D eigenvalue weighted by Crippen LogP contribution is -2.36. The maximum Gasteiger partial charge on any atom is 0.329 e. The minimum atomic E-state index is -0.700. The highest BCUT2D eigenvalue weighted by atomic mass is 79.9. The summed E-state index contributed by atoms with van der Waals surface area (Å²) in [5.41, 5.74) is 2.50. The molecule has 1 aliphatic heterocycles. The van der Waals surface area contributed by atoms with E-state index in [0.29, 0.717) is 21.4 Å². The number of methoxy groups -OCH3 is 1. The molecule has 0 aliphatic carbocycles. The summed E-state index contributed by atoms with van der Waals surface area (Å²) in [4.78, 5) is 36.6. The largest absolute Gasteiger partial charge is 0.468 e. The summed E-state index contributed by atoms with van der Waals surface area (Å²) in [5, 5.41) is 2.45. The molecule has 0 spiro atoms. The second kappa shape index (κ2) is 7.59. The van der Waals surface area contributed by atoms with Gasteiger partial charge in [-0.3, -0.25) is 9.59 Å². The number of nitrogens with one attached hydrogen (secondary N) is 1. The van der Waals surface area contributed by atoms with Gasteiger partial charge in [-0.05, 0) is 49.8 Å². The molecule has 0 unspecified atom stereocenters. The Morgan fingerprint density at radius 2 is 2.00 bits per heavy atom. The first-order chi connectivity index (χ1) is 13.2. The van der Waals surface area contributed by atoms with Crippen molar-refractivity contribution in [1.82, 2.24) is 14.8 Å². The minimum absolute atomic E-state index is 0.0328. The molecular weight excluding hydrogens is 433 g/mol. The number of benzene rings is 1. The summed E-state index contributed by atoms with van der Waals surface area (Å²) in [6.45, 7) is 3.13. The monoisotopic (exact) mass is 449 g/mol. The second-order valence-electron chi connectivity index (χ2n) is 6.21. The molecule has 1 saturated heterocycles. The maximum atomic E-state index is 14.4. The molecule has 1 aromatic heterocycles. The third-order valence-corrected chi connectivity index (χ3v) is 4.89. The summed E-state index contributed by atoms with van der Waals surface area (Å²) < 4.78 is 21.2. The van der Waals surface area contributed by atoms with Crippen LogP contribution >= 0.6 is 15.9 Å². The number of amides is 3. The fourth-order valence-corrected chi connectivity index (χ4v) is 3.36. The minimum Gasteiger partial charge on any atom is -0.468 e. The lowest BCUT2D eigenvalue weighted by molar-refractivity contribution is -0.143. The van der Waals surface area contributed by atoms with Crippen molar-refractivity contribution in [2.24, 2.45) is 0 Å². The SMILES string of the molecule is COC(=O)CN1C(=O)N/C(=C/c2cc(C)n(-c3ccc(Br)cc3F)c2C)C1=O. The topological polar surface area (TPSA) is 80.6 Å². The van der Waals surface area contributed by atoms with Crippen LogP contribution in [0, 0.1) is 19.7 Å². The summed E-state index contributed by atoms with van der Waals surface area (Å²) in [6.07, 6.45) is 1.51. The van der Waals surface area contributed by atoms with Crippen LogP contribution in [0.1, 0.15) is 17.0 Å². The van der Waals surface area contributed by atoms with Crippen molar-refractivity contribution >= 4 is 39.9 Å². The molecular formula is C19H17BrFN3O4. The molecule has 0 atom stereocenters. The highest BCUT2D eigenvalue weighted by molar-refractivity contribution is 9.10. The van der Waals surface area contributed by atoms with Crippen molar-refractivity contribution < 1.29 is 23.5 Å². The van der Waals surface area contributed by atoms with Gasteiger partial charge in [-0.15, -0.1) is 0 Å². The van der Waals surface area contributed by atoms with Crippen LogP contribution in [0.25, 0.3) is 11.8 Å². The number of ether oxygens (including phenoxy) is 1. The molecule has 3 rings (SSSR count). The van der Waals surface area contributed by atoms with E-state index in [9.17, 15) is 18.8 Å². The van der Waals surface area contributed by atoms with Crippen molar-refractivity contribution in [1.29, 1.82) is 0 Å². The second-order valence-corrected chi connectivity index (χ2v) is 7.13. The van der Waals surface area contributed by atoms with E-state index in [4.69, 9.17) is 0 Å². The number of carbonyl (C=O) groups excluding carboxylic acids is 3. The first kappa shape index (κ1) is 19.8. The number of nitrogens with zero attached hydrogens (tertiary/aromatic N) is 2. The van der Waals surface area contributed by atoms with Crippen LogP contribution < -0.4 is 5.32 Å². The Labute approximate surface area is 168 Å². The number of rotatable bonds is 4. The molecule has 2 aromatic rings. The van der Waals surface area contributed by atoms with Crippen LogP contribution in [-0.4, -0.2) is 41.0 Å². The Morgan fingerprint density at radius 1 is 1.29 bits per heavy atom. The van der Waals surface area contributed by atoms with E-state index in [1.165, 1.54) is 19.3 Å². The van der Waals surface area contributed by atoms with Crippen molar-refractivity contribution in [2.45, 2.75) is 13.8 Å². The lowest BCUT2D eigenvalue weighted by Gasteiger charge is -2.11. The molecule has 3 amide bonds. The van der Waals surface area contributed by atoms with Crippen molar-refractivity contribution in [3.8, 4) is 5.69 Å². The van der Waals surface area contributed by atoms with Crippen molar-refractivity contribution in [2.75, 3.05) is 13.7 Å². The van der Waals surface area contributed by atoms with Gasteiger partial charge in [0.2, 0.25) is 0 Å². The molecule has 0 bridgehead atoms. The molecule has 1 N–H and O–H groups in total.